The highest BCUT2D eigenvalue weighted by Crippen LogP contribution is 2.26. The first-order chi connectivity index (χ1) is 12.8. The van der Waals surface area contributed by atoms with Gasteiger partial charge in [-0.25, -0.2) is 17.5 Å². The summed E-state index contributed by atoms with van der Waals surface area (Å²) in [7, 11) is -2.24. The molecule has 0 saturated heterocycles. The van der Waals surface area contributed by atoms with Gasteiger partial charge in [0.15, 0.2) is 0 Å². The fourth-order valence-electron chi connectivity index (χ4n) is 2.42. The van der Waals surface area contributed by atoms with Crippen LogP contribution in [0.3, 0.4) is 0 Å². The van der Waals surface area contributed by atoms with E-state index in [1.165, 1.54) is 40.5 Å². The number of hydrogen-bond donors (Lipinski definition) is 2. The Hall–Kier alpha value is -2.56. The number of carbonyl (C=O) groups excluding carboxylic acids is 1. The Kier molecular flexibility index (Phi) is 5.68. The molecule has 1 atom stereocenters. The Morgan fingerprint density at radius 3 is 2.63 bits per heavy atom. The first kappa shape index (κ1) is 19.2. The number of halogens is 1. The minimum atomic E-state index is -3.84. The highest BCUT2D eigenvalue weighted by Gasteiger charge is 2.21. The summed E-state index contributed by atoms with van der Waals surface area (Å²) in [5.41, 5.74) is 0.697. The predicted molar refractivity (Wildman–Crippen MR) is 99.1 cm³/mol. The average molecular weight is 408 g/mol. The molecule has 0 aliphatic heterocycles. The summed E-state index contributed by atoms with van der Waals surface area (Å²) in [5.74, 6) is -0.885. The van der Waals surface area contributed by atoms with Gasteiger partial charge in [0.2, 0.25) is 15.9 Å². The molecule has 0 saturated carbocycles. The van der Waals surface area contributed by atoms with Gasteiger partial charge >= 0.3 is 0 Å². The first-order valence-corrected chi connectivity index (χ1v) is 10.3. The third-order valence-electron chi connectivity index (χ3n) is 3.75. The molecule has 3 rings (SSSR count). The van der Waals surface area contributed by atoms with E-state index in [1.54, 1.807) is 19.2 Å². The van der Waals surface area contributed by atoms with Crippen molar-refractivity contribution in [1.82, 2.24) is 19.8 Å². The van der Waals surface area contributed by atoms with E-state index in [2.05, 4.69) is 15.1 Å². The van der Waals surface area contributed by atoms with Crippen LogP contribution in [0.4, 0.5) is 4.39 Å². The van der Waals surface area contributed by atoms with Crippen LogP contribution in [0.2, 0.25) is 0 Å². The van der Waals surface area contributed by atoms with Gasteiger partial charge in [0, 0.05) is 18.1 Å². The molecule has 10 heteroatoms. The average Bonchev–Trinajstić information content (AvgIpc) is 3.31. The predicted octanol–water partition coefficient (Wildman–Crippen LogP) is 1.80. The number of nitrogens with zero attached hydrogens (tertiary/aromatic N) is 2. The molecule has 2 aromatic heterocycles. The number of hydrogen-bond acceptors (Lipinski definition) is 5. The first-order valence-electron chi connectivity index (χ1n) is 7.92. The molecular formula is C17H17FN4O3S2. The molecule has 2 heterocycles. The minimum absolute atomic E-state index is 0.0221. The Labute approximate surface area is 159 Å². The molecule has 3 aromatic rings. The lowest BCUT2D eigenvalue weighted by atomic mass is 10.1. The zero-order chi connectivity index (χ0) is 19.4. The van der Waals surface area contributed by atoms with E-state index >= 15 is 0 Å². The van der Waals surface area contributed by atoms with Gasteiger partial charge in [-0.05, 0) is 29.1 Å². The summed E-state index contributed by atoms with van der Waals surface area (Å²) in [6.07, 6.45) is 2.54. The van der Waals surface area contributed by atoms with Crippen LogP contribution in [-0.4, -0.2) is 30.7 Å². The van der Waals surface area contributed by atoms with Crippen molar-refractivity contribution >= 4 is 27.3 Å². The van der Waals surface area contributed by atoms with Gasteiger partial charge in [0.25, 0.3) is 0 Å². The zero-order valence-electron chi connectivity index (χ0n) is 14.3. The smallest absolute Gasteiger partial charge is 0.244 e. The van der Waals surface area contributed by atoms with E-state index < -0.39 is 28.5 Å². The number of nitrogens with one attached hydrogen (secondary N) is 2. The quantitative estimate of drug-likeness (QED) is 0.624. The van der Waals surface area contributed by atoms with Crippen molar-refractivity contribution in [2.45, 2.75) is 10.9 Å². The number of sulfonamides is 1. The van der Waals surface area contributed by atoms with Gasteiger partial charge in [-0.15, -0.1) is 11.3 Å². The van der Waals surface area contributed by atoms with Crippen molar-refractivity contribution in [1.29, 1.82) is 0 Å². The van der Waals surface area contributed by atoms with Crippen LogP contribution in [0.25, 0.3) is 0 Å². The number of amides is 1. The lowest BCUT2D eigenvalue weighted by Crippen LogP contribution is -2.38. The van der Waals surface area contributed by atoms with Gasteiger partial charge in [0.05, 0.1) is 18.8 Å². The van der Waals surface area contributed by atoms with Crippen molar-refractivity contribution in [3.8, 4) is 0 Å². The highest BCUT2D eigenvalue weighted by atomic mass is 32.2. The number of benzene rings is 1. The molecule has 0 fully saturated rings. The highest BCUT2D eigenvalue weighted by molar-refractivity contribution is 7.89. The SMILES string of the molecule is Cn1cc(S(=O)(=O)NCC(=O)N[C@@H](c2ccc(F)cc2)c2cccs2)cn1. The van der Waals surface area contributed by atoms with Crippen molar-refractivity contribution in [3.63, 3.8) is 0 Å². The summed E-state index contributed by atoms with van der Waals surface area (Å²) >= 11 is 1.44. The Morgan fingerprint density at radius 2 is 2.04 bits per heavy atom. The van der Waals surface area contributed by atoms with E-state index in [0.29, 0.717) is 5.56 Å². The second-order valence-corrected chi connectivity index (χ2v) is 8.49. The van der Waals surface area contributed by atoms with Crippen LogP contribution < -0.4 is 10.0 Å². The number of aromatic nitrogens is 2. The molecule has 1 aromatic carbocycles. The molecule has 142 valence electrons. The van der Waals surface area contributed by atoms with E-state index in [1.807, 2.05) is 17.5 Å². The van der Waals surface area contributed by atoms with E-state index in [-0.39, 0.29) is 10.7 Å². The van der Waals surface area contributed by atoms with Crippen LogP contribution >= 0.6 is 11.3 Å². The van der Waals surface area contributed by atoms with Gasteiger partial charge in [-0.1, -0.05) is 18.2 Å². The largest absolute Gasteiger partial charge is 0.343 e. The standard InChI is InChI=1S/C17H17FN4O3S2/c1-22-11-14(9-19-22)27(24,25)20-10-16(23)21-17(15-3-2-8-26-15)12-4-6-13(18)7-5-12/h2-9,11,17,20H,10H2,1H3,(H,21,23)/t17-/m0/s1. The molecule has 0 aliphatic carbocycles. The number of carbonyl (C=O) groups is 1. The molecule has 1 amide bonds. The van der Waals surface area contributed by atoms with Gasteiger partial charge in [-0.3, -0.25) is 9.48 Å². The molecule has 7 nitrogen and oxygen atoms in total. The summed E-state index contributed by atoms with van der Waals surface area (Å²) in [6.45, 7) is -0.430. The summed E-state index contributed by atoms with van der Waals surface area (Å²) in [4.78, 5) is 13.2. The molecule has 0 aliphatic rings. The molecule has 0 bridgehead atoms. The van der Waals surface area contributed by atoms with Gasteiger partial charge in [-0.2, -0.15) is 5.10 Å². The van der Waals surface area contributed by atoms with Gasteiger partial charge < -0.3 is 5.32 Å². The molecule has 27 heavy (non-hydrogen) atoms. The maximum Gasteiger partial charge on any atom is 0.244 e. The lowest BCUT2D eigenvalue weighted by molar-refractivity contribution is -0.120. The summed E-state index contributed by atoms with van der Waals surface area (Å²) in [5, 5.41) is 8.46. The van der Waals surface area contributed by atoms with Crippen LogP contribution in [0.15, 0.2) is 59.1 Å². The van der Waals surface area contributed by atoms with Crippen molar-refractivity contribution in [3.05, 3.63) is 70.4 Å². The van der Waals surface area contributed by atoms with Gasteiger partial charge in [0.1, 0.15) is 10.7 Å². The number of rotatable bonds is 7. The maximum absolute atomic E-state index is 13.2. The van der Waals surface area contributed by atoms with Crippen LogP contribution in [0, 0.1) is 5.82 Å². The number of aryl methyl sites for hydroxylation is 1. The minimum Gasteiger partial charge on any atom is -0.343 e. The summed E-state index contributed by atoms with van der Waals surface area (Å²) in [6, 6.07) is 8.98. The van der Waals surface area contributed by atoms with Crippen LogP contribution in [0.1, 0.15) is 16.5 Å². The van der Waals surface area contributed by atoms with Crippen molar-refractivity contribution in [2.75, 3.05) is 6.54 Å². The third kappa shape index (κ3) is 4.79. The summed E-state index contributed by atoms with van der Waals surface area (Å²) < 4.78 is 41.2. The molecule has 0 unspecified atom stereocenters. The van der Waals surface area contributed by atoms with Crippen LogP contribution in [-0.2, 0) is 21.9 Å². The van der Waals surface area contributed by atoms with Crippen LogP contribution in [0.5, 0.6) is 0 Å². The topological polar surface area (TPSA) is 93.1 Å². The molecule has 0 spiro atoms. The Balaban J connectivity index is 1.70. The van der Waals surface area contributed by atoms with Crippen molar-refractivity contribution in [2.24, 2.45) is 7.05 Å². The van der Waals surface area contributed by atoms with E-state index in [4.69, 9.17) is 0 Å². The second-order valence-electron chi connectivity index (χ2n) is 5.74. The molecule has 2 N–H and O–H groups in total. The maximum atomic E-state index is 13.2. The Morgan fingerprint density at radius 1 is 1.30 bits per heavy atom. The second kappa shape index (κ2) is 7.99. The molecular weight excluding hydrogens is 391 g/mol. The Bertz CT molecular complexity index is 1010. The lowest BCUT2D eigenvalue weighted by Gasteiger charge is -2.18. The number of thiophene rings is 1. The van der Waals surface area contributed by atoms with E-state index in [0.717, 1.165) is 4.88 Å². The molecule has 0 radical (unpaired) electrons. The van der Waals surface area contributed by atoms with Crippen molar-refractivity contribution < 1.29 is 17.6 Å². The van der Waals surface area contributed by atoms with E-state index in [9.17, 15) is 17.6 Å². The zero-order valence-corrected chi connectivity index (χ0v) is 15.9. The monoisotopic (exact) mass is 408 g/mol. The third-order valence-corrected chi connectivity index (χ3v) is 6.04. The normalized spacial score (nSPS) is 12.7. The fourth-order valence-corrected chi connectivity index (χ4v) is 4.19. The fraction of sp³-hybridized carbons (Fsp3) is 0.176.